The lowest BCUT2D eigenvalue weighted by Crippen LogP contribution is -2.00. The Balaban J connectivity index is 1.25. The van der Waals surface area contributed by atoms with E-state index in [9.17, 15) is 0 Å². The molecular formula is C49H29N3O. The zero-order chi connectivity index (χ0) is 34.9. The first-order valence-corrected chi connectivity index (χ1v) is 17.9. The molecule has 11 aromatic rings. The molecule has 9 aromatic carbocycles. The third kappa shape index (κ3) is 4.73. The fourth-order valence-corrected chi connectivity index (χ4v) is 7.97. The zero-order valence-corrected chi connectivity index (χ0v) is 28.5. The number of rotatable bonds is 4. The summed E-state index contributed by atoms with van der Waals surface area (Å²) in [5.41, 5.74) is 6.79. The second-order valence-electron chi connectivity index (χ2n) is 13.6. The monoisotopic (exact) mass is 675 g/mol. The summed E-state index contributed by atoms with van der Waals surface area (Å²) in [6.45, 7) is 0. The Morgan fingerprint density at radius 3 is 1.53 bits per heavy atom. The van der Waals surface area contributed by atoms with Crippen LogP contribution in [0.1, 0.15) is 0 Å². The highest BCUT2D eigenvalue weighted by Crippen LogP contribution is 2.47. The van der Waals surface area contributed by atoms with Gasteiger partial charge in [0.05, 0.1) is 0 Å². The topological polar surface area (TPSA) is 51.8 Å². The first kappa shape index (κ1) is 29.5. The Morgan fingerprint density at radius 1 is 0.302 bits per heavy atom. The lowest BCUT2D eigenvalue weighted by molar-refractivity contribution is 0.677. The Labute approximate surface area is 304 Å². The van der Waals surface area contributed by atoms with Gasteiger partial charge in [-0.05, 0) is 67.7 Å². The van der Waals surface area contributed by atoms with Crippen LogP contribution in [-0.4, -0.2) is 15.0 Å². The van der Waals surface area contributed by atoms with Crippen LogP contribution in [0.4, 0.5) is 0 Å². The Bertz CT molecular complexity index is 3160. The number of hydrogen-bond donors (Lipinski definition) is 0. The van der Waals surface area contributed by atoms with E-state index < -0.39 is 0 Å². The number of furan rings is 1. The van der Waals surface area contributed by atoms with Gasteiger partial charge >= 0.3 is 0 Å². The maximum atomic E-state index is 7.07. The molecule has 0 radical (unpaired) electrons. The van der Waals surface area contributed by atoms with Gasteiger partial charge in [0.2, 0.25) is 0 Å². The summed E-state index contributed by atoms with van der Waals surface area (Å²) in [7, 11) is 0. The molecule has 0 bridgehead atoms. The fourth-order valence-electron chi connectivity index (χ4n) is 7.97. The molecule has 0 fully saturated rings. The van der Waals surface area contributed by atoms with Crippen LogP contribution < -0.4 is 0 Å². The third-order valence-electron chi connectivity index (χ3n) is 10.4. The van der Waals surface area contributed by atoms with Gasteiger partial charge in [0.1, 0.15) is 11.2 Å². The molecule has 0 aliphatic heterocycles. The van der Waals surface area contributed by atoms with Crippen molar-refractivity contribution < 1.29 is 4.42 Å². The second-order valence-corrected chi connectivity index (χ2v) is 13.6. The molecule has 4 heteroatoms. The summed E-state index contributed by atoms with van der Waals surface area (Å²) >= 11 is 0. The Morgan fingerprint density at radius 2 is 0.830 bits per heavy atom. The highest BCUT2D eigenvalue weighted by molar-refractivity contribution is 6.30. The maximum Gasteiger partial charge on any atom is 0.164 e. The highest BCUT2D eigenvalue weighted by Gasteiger charge is 2.22. The van der Waals surface area contributed by atoms with E-state index in [0.29, 0.717) is 17.5 Å². The molecule has 0 saturated heterocycles. The van der Waals surface area contributed by atoms with Crippen LogP contribution in [0.25, 0.3) is 110 Å². The van der Waals surface area contributed by atoms with Gasteiger partial charge in [-0.1, -0.05) is 152 Å². The van der Waals surface area contributed by atoms with Gasteiger partial charge in [-0.25, -0.2) is 15.0 Å². The summed E-state index contributed by atoms with van der Waals surface area (Å²) in [5.74, 6) is 1.89. The average molecular weight is 676 g/mol. The third-order valence-corrected chi connectivity index (χ3v) is 10.4. The molecule has 0 saturated carbocycles. The minimum absolute atomic E-state index is 0.621. The molecule has 2 aromatic heterocycles. The van der Waals surface area contributed by atoms with Crippen molar-refractivity contribution in [2.24, 2.45) is 0 Å². The van der Waals surface area contributed by atoms with Crippen molar-refractivity contribution in [1.29, 1.82) is 0 Å². The molecule has 0 aliphatic rings. The molecule has 53 heavy (non-hydrogen) atoms. The highest BCUT2D eigenvalue weighted by atomic mass is 16.3. The molecular weight excluding hydrogens is 647 g/mol. The molecule has 0 atom stereocenters. The molecule has 0 unspecified atom stereocenters. The van der Waals surface area contributed by atoms with Gasteiger partial charge in [0, 0.05) is 38.2 Å². The van der Waals surface area contributed by atoms with E-state index in [4.69, 9.17) is 19.4 Å². The first-order chi connectivity index (χ1) is 26.3. The van der Waals surface area contributed by atoms with Crippen molar-refractivity contribution >= 4 is 65.0 Å². The van der Waals surface area contributed by atoms with E-state index in [2.05, 4.69) is 115 Å². The Hall–Kier alpha value is -7.17. The van der Waals surface area contributed by atoms with Crippen molar-refractivity contribution in [2.45, 2.75) is 0 Å². The number of hydrogen-bond acceptors (Lipinski definition) is 4. The number of aromatic nitrogens is 3. The van der Waals surface area contributed by atoms with Crippen LogP contribution in [-0.2, 0) is 0 Å². The summed E-state index contributed by atoms with van der Waals surface area (Å²) in [4.78, 5) is 15.2. The van der Waals surface area contributed by atoms with E-state index in [1.807, 2.05) is 60.7 Å². The summed E-state index contributed by atoms with van der Waals surface area (Å²) in [6.07, 6.45) is 0. The maximum absolute atomic E-state index is 7.07. The van der Waals surface area contributed by atoms with Gasteiger partial charge in [-0.3, -0.25) is 0 Å². The van der Waals surface area contributed by atoms with Crippen LogP contribution in [0.15, 0.2) is 180 Å². The van der Waals surface area contributed by atoms with Crippen LogP contribution in [0.2, 0.25) is 0 Å². The van der Waals surface area contributed by atoms with Gasteiger partial charge in [-0.2, -0.15) is 0 Å². The summed E-state index contributed by atoms with van der Waals surface area (Å²) < 4.78 is 7.07. The number of nitrogens with zero attached hydrogens (tertiary/aromatic N) is 3. The van der Waals surface area contributed by atoms with Crippen LogP contribution in [0.5, 0.6) is 0 Å². The van der Waals surface area contributed by atoms with Gasteiger partial charge in [0.15, 0.2) is 17.5 Å². The molecule has 0 amide bonds. The molecule has 0 N–H and O–H groups in total. The second kappa shape index (κ2) is 11.7. The largest absolute Gasteiger partial charge is 0.455 e. The van der Waals surface area contributed by atoms with E-state index >= 15 is 0 Å². The van der Waals surface area contributed by atoms with Crippen LogP contribution in [0.3, 0.4) is 0 Å². The van der Waals surface area contributed by atoms with Gasteiger partial charge < -0.3 is 4.42 Å². The molecule has 11 rings (SSSR count). The van der Waals surface area contributed by atoms with Crippen LogP contribution >= 0.6 is 0 Å². The standard InChI is InChI=1S/C49H29N3O/c1-3-15-32(16-4-1)47-50-48(33-17-5-2-6-18-33)52-49(51-47)36-27-34-19-9-10-20-37(34)41(29-36)42-28-35-24-23-30-13-7-11-21-38(30)43(35)46-44(42)40-26-25-31-14-8-12-22-39(31)45(40)53-46/h1-29H. The number of benzene rings is 9. The minimum atomic E-state index is 0.621. The summed E-state index contributed by atoms with van der Waals surface area (Å²) in [6, 6.07) is 61.6. The lowest BCUT2D eigenvalue weighted by Gasteiger charge is -2.15. The van der Waals surface area contributed by atoms with E-state index in [0.717, 1.165) is 82.1 Å². The normalized spacial score (nSPS) is 11.8. The molecule has 0 spiro atoms. The van der Waals surface area contributed by atoms with E-state index in [1.54, 1.807) is 0 Å². The molecule has 2 heterocycles. The summed E-state index contributed by atoms with van der Waals surface area (Å²) in [5, 5.41) is 11.3. The smallest absolute Gasteiger partial charge is 0.164 e. The zero-order valence-electron chi connectivity index (χ0n) is 28.5. The first-order valence-electron chi connectivity index (χ1n) is 17.9. The van der Waals surface area contributed by atoms with Gasteiger partial charge in [-0.15, -0.1) is 0 Å². The quantitative estimate of drug-likeness (QED) is 0.174. The van der Waals surface area contributed by atoms with Gasteiger partial charge in [0.25, 0.3) is 0 Å². The SMILES string of the molecule is c1ccc(-c2nc(-c3ccccc3)nc(-c3cc(-c4cc5ccc6ccccc6c5c5oc6c7ccccc7ccc6c45)c4ccccc4c3)n2)cc1. The van der Waals surface area contributed by atoms with Crippen molar-refractivity contribution in [3.63, 3.8) is 0 Å². The van der Waals surface area contributed by atoms with E-state index in [1.165, 1.54) is 10.8 Å². The lowest BCUT2D eigenvalue weighted by atomic mass is 9.89. The average Bonchev–Trinajstić information content (AvgIpc) is 3.64. The van der Waals surface area contributed by atoms with Crippen LogP contribution in [0, 0.1) is 0 Å². The molecule has 0 aliphatic carbocycles. The Kier molecular flexibility index (Phi) is 6.52. The predicted octanol–water partition coefficient (Wildman–Crippen LogP) is 13.1. The predicted molar refractivity (Wildman–Crippen MR) is 219 cm³/mol. The number of fused-ring (bicyclic) bond motifs is 10. The molecule has 246 valence electrons. The van der Waals surface area contributed by atoms with Crippen molar-refractivity contribution in [3.8, 4) is 45.3 Å². The van der Waals surface area contributed by atoms with Crippen molar-refractivity contribution in [3.05, 3.63) is 176 Å². The minimum Gasteiger partial charge on any atom is -0.455 e. The fraction of sp³-hybridized carbons (Fsp3) is 0. The molecule has 4 nitrogen and oxygen atoms in total. The van der Waals surface area contributed by atoms with Crippen molar-refractivity contribution in [1.82, 2.24) is 15.0 Å². The van der Waals surface area contributed by atoms with E-state index in [-0.39, 0.29) is 0 Å². The van der Waals surface area contributed by atoms with Crippen molar-refractivity contribution in [2.75, 3.05) is 0 Å².